The van der Waals surface area contributed by atoms with Crippen LogP contribution in [0.15, 0.2) is 67.1 Å². The maximum Gasteiger partial charge on any atom is 0.0889 e. The Bertz CT molecular complexity index is 651. The number of pyridine rings is 3. The fourth-order valence-corrected chi connectivity index (χ4v) is 1.94. The smallest absolute Gasteiger partial charge is 0.0889 e. The molecule has 0 unspecified atom stereocenters. The number of hydrogen-bond acceptors (Lipinski definition) is 3. The van der Waals surface area contributed by atoms with Gasteiger partial charge in [-0.05, 0) is 42.0 Å². The predicted octanol–water partition coefficient (Wildman–Crippen LogP) is 3.13. The van der Waals surface area contributed by atoms with Crippen LogP contribution in [0.3, 0.4) is 0 Å². The van der Waals surface area contributed by atoms with Gasteiger partial charge >= 0.3 is 0 Å². The lowest BCUT2D eigenvalue weighted by atomic mass is 10.1. The molecule has 0 N–H and O–H groups in total. The molecule has 3 nitrogen and oxygen atoms in total. The maximum absolute atomic E-state index is 4.66. The molecule has 3 heterocycles. The van der Waals surface area contributed by atoms with Crippen LogP contribution in [0, 0.1) is 0 Å². The molecule has 3 heteroatoms. The van der Waals surface area contributed by atoms with Gasteiger partial charge in [0.05, 0.1) is 11.4 Å². The van der Waals surface area contributed by atoms with Gasteiger partial charge in [0.25, 0.3) is 0 Å². The quantitative estimate of drug-likeness (QED) is 0.713. The number of rotatable bonds is 3. The van der Waals surface area contributed by atoms with Crippen LogP contribution in [0.2, 0.25) is 0 Å². The van der Waals surface area contributed by atoms with E-state index in [1.54, 1.807) is 18.6 Å². The zero-order valence-electron chi connectivity index (χ0n) is 10.4. The lowest BCUT2D eigenvalue weighted by molar-refractivity contribution is 1.06. The van der Waals surface area contributed by atoms with Crippen molar-refractivity contribution in [2.24, 2.45) is 0 Å². The standard InChI is InChI=1S/C16H13N3/c1-2-9-18-15(5-1)16-6-3-4-14(19-16)12-13-7-10-17-11-8-13/h1-11H,12H2. The first-order valence-electron chi connectivity index (χ1n) is 6.18. The lowest BCUT2D eigenvalue weighted by Crippen LogP contribution is -1.95. The Balaban J connectivity index is 1.89. The highest BCUT2D eigenvalue weighted by atomic mass is 14.8. The summed E-state index contributed by atoms with van der Waals surface area (Å²) in [6, 6.07) is 15.9. The normalized spacial score (nSPS) is 10.3. The van der Waals surface area contributed by atoms with Crippen LogP contribution in [0.4, 0.5) is 0 Å². The van der Waals surface area contributed by atoms with Crippen molar-refractivity contribution >= 4 is 0 Å². The van der Waals surface area contributed by atoms with Crippen molar-refractivity contribution in [1.82, 2.24) is 15.0 Å². The summed E-state index contributed by atoms with van der Waals surface area (Å²) in [6.45, 7) is 0. The number of hydrogen-bond donors (Lipinski definition) is 0. The molecule has 0 saturated heterocycles. The lowest BCUT2D eigenvalue weighted by Gasteiger charge is -2.04. The fraction of sp³-hybridized carbons (Fsp3) is 0.0625. The summed E-state index contributed by atoms with van der Waals surface area (Å²) < 4.78 is 0. The van der Waals surface area contributed by atoms with Gasteiger partial charge in [0.1, 0.15) is 0 Å². The van der Waals surface area contributed by atoms with E-state index in [1.807, 2.05) is 48.5 Å². The summed E-state index contributed by atoms with van der Waals surface area (Å²) in [7, 11) is 0. The third-order valence-corrected chi connectivity index (χ3v) is 2.87. The second kappa shape index (κ2) is 5.40. The van der Waals surface area contributed by atoms with Crippen molar-refractivity contribution in [3.8, 4) is 11.4 Å². The van der Waals surface area contributed by atoms with Crippen LogP contribution in [0.1, 0.15) is 11.3 Å². The zero-order chi connectivity index (χ0) is 12.9. The Morgan fingerprint density at radius 3 is 2.37 bits per heavy atom. The summed E-state index contributed by atoms with van der Waals surface area (Å²) in [5.74, 6) is 0. The van der Waals surface area contributed by atoms with E-state index in [-0.39, 0.29) is 0 Å². The molecule has 19 heavy (non-hydrogen) atoms. The van der Waals surface area contributed by atoms with E-state index in [4.69, 9.17) is 0 Å². The van der Waals surface area contributed by atoms with Gasteiger partial charge in [-0.25, -0.2) is 0 Å². The highest BCUT2D eigenvalue weighted by Gasteiger charge is 2.02. The molecule has 0 aliphatic heterocycles. The summed E-state index contributed by atoms with van der Waals surface area (Å²) in [4.78, 5) is 13.0. The average molecular weight is 247 g/mol. The molecule has 0 radical (unpaired) electrons. The molecule has 3 aromatic rings. The van der Waals surface area contributed by atoms with Gasteiger partial charge in [0.2, 0.25) is 0 Å². The summed E-state index contributed by atoms with van der Waals surface area (Å²) in [5, 5.41) is 0. The topological polar surface area (TPSA) is 38.7 Å². The van der Waals surface area contributed by atoms with Gasteiger partial charge in [-0.2, -0.15) is 0 Å². The van der Waals surface area contributed by atoms with Crippen LogP contribution in [0.5, 0.6) is 0 Å². The summed E-state index contributed by atoms with van der Waals surface area (Å²) in [6.07, 6.45) is 6.20. The first kappa shape index (κ1) is 11.5. The van der Waals surface area contributed by atoms with Crippen LogP contribution in [0.25, 0.3) is 11.4 Å². The molecule has 0 saturated carbocycles. The van der Waals surface area contributed by atoms with E-state index < -0.39 is 0 Å². The highest BCUT2D eigenvalue weighted by molar-refractivity contribution is 5.53. The second-order valence-corrected chi connectivity index (χ2v) is 4.26. The Morgan fingerprint density at radius 1 is 0.737 bits per heavy atom. The van der Waals surface area contributed by atoms with Crippen LogP contribution < -0.4 is 0 Å². The number of nitrogens with zero attached hydrogens (tertiary/aromatic N) is 3. The molecule has 0 aliphatic carbocycles. The SMILES string of the molecule is c1ccc(-c2cccc(Cc3ccncc3)n2)nc1. The predicted molar refractivity (Wildman–Crippen MR) is 74.5 cm³/mol. The Morgan fingerprint density at radius 2 is 1.58 bits per heavy atom. The average Bonchev–Trinajstić information content (AvgIpc) is 2.49. The Kier molecular flexibility index (Phi) is 3.28. The van der Waals surface area contributed by atoms with Gasteiger partial charge in [-0.3, -0.25) is 15.0 Å². The van der Waals surface area contributed by atoms with Crippen molar-refractivity contribution in [3.63, 3.8) is 0 Å². The van der Waals surface area contributed by atoms with Crippen molar-refractivity contribution in [2.75, 3.05) is 0 Å². The van der Waals surface area contributed by atoms with E-state index in [9.17, 15) is 0 Å². The first-order chi connectivity index (χ1) is 9.42. The second-order valence-electron chi connectivity index (χ2n) is 4.26. The summed E-state index contributed by atoms with van der Waals surface area (Å²) in [5.41, 5.74) is 4.06. The van der Waals surface area contributed by atoms with Crippen molar-refractivity contribution in [3.05, 3.63) is 78.4 Å². The molecule has 92 valence electrons. The third kappa shape index (κ3) is 2.83. The highest BCUT2D eigenvalue weighted by Crippen LogP contribution is 2.15. The van der Waals surface area contributed by atoms with E-state index in [1.165, 1.54) is 5.56 Å². The largest absolute Gasteiger partial charge is 0.265 e. The number of aromatic nitrogens is 3. The Labute approximate surface area is 112 Å². The minimum Gasteiger partial charge on any atom is -0.265 e. The fourth-order valence-electron chi connectivity index (χ4n) is 1.94. The van der Waals surface area contributed by atoms with E-state index in [0.29, 0.717) is 0 Å². The molecular weight excluding hydrogens is 234 g/mol. The molecule has 3 aromatic heterocycles. The Hall–Kier alpha value is -2.55. The molecule has 0 spiro atoms. The van der Waals surface area contributed by atoms with Gasteiger partial charge in [0.15, 0.2) is 0 Å². The van der Waals surface area contributed by atoms with Gasteiger partial charge in [-0.1, -0.05) is 12.1 Å². The maximum atomic E-state index is 4.66. The van der Waals surface area contributed by atoms with Gasteiger partial charge in [0, 0.05) is 30.7 Å². The molecule has 3 rings (SSSR count). The molecule has 0 fully saturated rings. The van der Waals surface area contributed by atoms with E-state index in [2.05, 4.69) is 15.0 Å². The van der Waals surface area contributed by atoms with Crippen molar-refractivity contribution in [2.45, 2.75) is 6.42 Å². The van der Waals surface area contributed by atoms with Crippen LogP contribution >= 0.6 is 0 Å². The van der Waals surface area contributed by atoms with Crippen LogP contribution in [-0.2, 0) is 6.42 Å². The van der Waals surface area contributed by atoms with Crippen LogP contribution in [-0.4, -0.2) is 15.0 Å². The third-order valence-electron chi connectivity index (χ3n) is 2.87. The van der Waals surface area contributed by atoms with Crippen molar-refractivity contribution < 1.29 is 0 Å². The molecule has 0 aliphatic rings. The van der Waals surface area contributed by atoms with E-state index >= 15 is 0 Å². The first-order valence-corrected chi connectivity index (χ1v) is 6.18. The monoisotopic (exact) mass is 247 g/mol. The van der Waals surface area contributed by atoms with E-state index in [0.717, 1.165) is 23.5 Å². The summed E-state index contributed by atoms with van der Waals surface area (Å²) >= 11 is 0. The minimum atomic E-state index is 0.809. The van der Waals surface area contributed by atoms with Gasteiger partial charge in [-0.15, -0.1) is 0 Å². The van der Waals surface area contributed by atoms with Crippen molar-refractivity contribution in [1.29, 1.82) is 0 Å². The molecule has 0 aromatic carbocycles. The van der Waals surface area contributed by atoms with Gasteiger partial charge < -0.3 is 0 Å². The molecule has 0 atom stereocenters. The molecular formula is C16H13N3. The molecule has 0 bridgehead atoms. The minimum absolute atomic E-state index is 0.809. The zero-order valence-corrected chi connectivity index (χ0v) is 10.4. The molecule has 0 amide bonds.